The zero-order chi connectivity index (χ0) is 20.9. The van der Waals surface area contributed by atoms with Gasteiger partial charge in [-0.2, -0.15) is 5.10 Å². The summed E-state index contributed by atoms with van der Waals surface area (Å²) in [5.74, 6) is -1.25. The van der Waals surface area contributed by atoms with Crippen molar-refractivity contribution < 1.29 is 30.0 Å². The number of imidazole rings is 1. The van der Waals surface area contributed by atoms with Gasteiger partial charge in [0.25, 0.3) is 0 Å². The van der Waals surface area contributed by atoms with Gasteiger partial charge < -0.3 is 30.9 Å². The van der Waals surface area contributed by atoms with Crippen LogP contribution in [0.3, 0.4) is 0 Å². The van der Waals surface area contributed by atoms with Gasteiger partial charge >= 0.3 is 5.97 Å². The maximum Gasteiger partial charge on any atom is 0.339 e. The predicted octanol–water partition coefficient (Wildman–Crippen LogP) is -1.40. The van der Waals surface area contributed by atoms with E-state index >= 15 is 0 Å². The van der Waals surface area contributed by atoms with Crippen molar-refractivity contribution >= 4 is 23.0 Å². The number of ether oxygens (including phenoxy) is 1. The van der Waals surface area contributed by atoms with Crippen molar-refractivity contribution in [2.75, 3.05) is 12.3 Å². The number of carboxylic acid groups (broad SMARTS) is 1. The molecule has 13 heteroatoms. The van der Waals surface area contributed by atoms with E-state index in [-0.39, 0.29) is 34.1 Å². The molecule has 0 radical (unpaired) electrons. The van der Waals surface area contributed by atoms with Crippen molar-refractivity contribution in [3.05, 3.63) is 18.1 Å². The van der Waals surface area contributed by atoms with E-state index in [1.807, 2.05) is 0 Å². The predicted molar refractivity (Wildman–Crippen MR) is 96.6 cm³/mol. The number of fused-ring (bicyclic) bond motifs is 1. The van der Waals surface area contributed by atoms with Crippen molar-refractivity contribution in [2.45, 2.75) is 38.0 Å². The van der Waals surface area contributed by atoms with Crippen LogP contribution in [0.1, 0.15) is 23.5 Å². The highest BCUT2D eigenvalue weighted by molar-refractivity contribution is 5.94. The van der Waals surface area contributed by atoms with Gasteiger partial charge in [-0.05, 0) is 6.92 Å². The Kier molecular flexibility index (Phi) is 4.66. The van der Waals surface area contributed by atoms with Crippen LogP contribution >= 0.6 is 0 Å². The van der Waals surface area contributed by atoms with Crippen LogP contribution in [0.4, 0.5) is 5.82 Å². The third-order valence-electron chi connectivity index (χ3n) is 4.77. The number of rotatable bonds is 5. The molecule has 1 saturated heterocycles. The molecule has 6 N–H and O–H groups in total. The molecule has 1 aliphatic rings. The maximum absolute atomic E-state index is 11.6. The number of nitrogens with zero attached hydrogens (tertiary/aromatic N) is 6. The van der Waals surface area contributed by atoms with Crippen molar-refractivity contribution in [2.24, 2.45) is 0 Å². The summed E-state index contributed by atoms with van der Waals surface area (Å²) in [7, 11) is 0. The van der Waals surface area contributed by atoms with E-state index in [0.717, 1.165) is 0 Å². The lowest BCUT2D eigenvalue weighted by molar-refractivity contribution is -0.0511. The first-order valence-corrected chi connectivity index (χ1v) is 8.79. The van der Waals surface area contributed by atoms with E-state index in [2.05, 4.69) is 20.1 Å². The molecule has 13 nitrogen and oxygen atoms in total. The highest BCUT2D eigenvalue weighted by atomic mass is 16.6. The molecule has 0 amide bonds. The van der Waals surface area contributed by atoms with E-state index in [4.69, 9.17) is 10.5 Å². The normalized spacial score (nSPS) is 24.4. The molecule has 4 atom stereocenters. The van der Waals surface area contributed by atoms with Gasteiger partial charge in [-0.25, -0.2) is 19.7 Å². The first-order valence-electron chi connectivity index (χ1n) is 8.79. The SMILES string of the molecule is CCn1cc(C(=O)O)c(-c2nc(N)c3ncn([C@@H]4O[C@H](CO)[C@@H](O)[C@H]4O)c3n2)n1. The van der Waals surface area contributed by atoms with Crippen LogP contribution < -0.4 is 5.73 Å². The Balaban J connectivity index is 1.85. The lowest BCUT2D eigenvalue weighted by Gasteiger charge is -2.16. The Morgan fingerprint density at radius 2 is 2.07 bits per heavy atom. The fraction of sp³-hybridized carbons (Fsp3) is 0.438. The van der Waals surface area contributed by atoms with Crippen LogP contribution in [0.2, 0.25) is 0 Å². The quantitative estimate of drug-likeness (QED) is 0.335. The van der Waals surface area contributed by atoms with Crippen LogP contribution in [-0.2, 0) is 11.3 Å². The van der Waals surface area contributed by atoms with Crippen LogP contribution in [0, 0.1) is 0 Å². The van der Waals surface area contributed by atoms with E-state index < -0.39 is 37.1 Å². The Hall–Kier alpha value is -3.13. The van der Waals surface area contributed by atoms with Gasteiger partial charge in [0.2, 0.25) is 0 Å². The van der Waals surface area contributed by atoms with Gasteiger partial charge in [-0.3, -0.25) is 9.25 Å². The lowest BCUT2D eigenvalue weighted by Crippen LogP contribution is -2.33. The Labute approximate surface area is 163 Å². The van der Waals surface area contributed by atoms with E-state index in [0.29, 0.717) is 6.54 Å². The molecule has 0 aliphatic carbocycles. The van der Waals surface area contributed by atoms with Gasteiger partial charge in [0.1, 0.15) is 35.1 Å². The number of aryl methyl sites for hydroxylation is 1. The molecular formula is C16H19N7O6. The molecule has 0 aromatic carbocycles. The lowest BCUT2D eigenvalue weighted by atomic mass is 10.1. The Morgan fingerprint density at radius 1 is 1.31 bits per heavy atom. The minimum absolute atomic E-state index is 0.0159. The van der Waals surface area contributed by atoms with Gasteiger partial charge in [0, 0.05) is 12.7 Å². The van der Waals surface area contributed by atoms with Crippen LogP contribution in [0.25, 0.3) is 22.7 Å². The van der Waals surface area contributed by atoms with Gasteiger partial charge in [0.05, 0.1) is 12.9 Å². The largest absolute Gasteiger partial charge is 0.478 e. The number of hydrogen-bond donors (Lipinski definition) is 5. The summed E-state index contributed by atoms with van der Waals surface area (Å²) in [5.41, 5.74) is 6.29. The number of aliphatic hydroxyl groups excluding tert-OH is 3. The molecule has 0 saturated carbocycles. The summed E-state index contributed by atoms with van der Waals surface area (Å²) in [5, 5.41) is 43.3. The fourth-order valence-corrected chi connectivity index (χ4v) is 3.25. The number of nitrogens with two attached hydrogens (primary N) is 1. The average Bonchev–Trinajstić information content (AvgIpc) is 3.38. The smallest absolute Gasteiger partial charge is 0.339 e. The number of aromatic nitrogens is 6. The minimum Gasteiger partial charge on any atom is -0.478 e. The first-order chi connectivity index (χ1) is 13.8. The number of aliphatic hydroxyl groups is 3. The number of carbonyl (C=O) groups is 1. The zero-order valence-electron chi connectivity index (χ0n) is 15.2. The Morgan fingerprint density at radius 3 is 2.69 bits per heavy atom. The van der Waals surface area contributed by atoms with E-state index in [1.165, 1.54) is 21.8 Å². The van der Waals surface area contributed by atoms with Gasteiger partial charge in [-0.15, -0.1) is 0 Å². The minimum atomic E-state index is -1.35. The molecule has 3 aromatic rings. The van der Waals surface area contributed by atoms with Crippen molar-refractivity contribution in [3.8, 4) is 11.5 Å². The second-order valence-electron chi connectivity index (χ2n) is 6.54. The summed E-state index contributed by atoms with van der Waals surface area (Å²) in [6.45, 7) is 1.76. The number of anilines is 1. The maximum atomic E-state index is 11.6. The summed E-state index contributed by atoms with van der Waals surface area (Å²) >= 11 is 0. The number of nitrogen functional groups attached to an aromatic ring is 1. The topological polar surface area (TPSA) is 195 Å². The summed E-state index contributed by atoms with van der Waals surface area (Å²) in [6.07, 6.45) is -2.04. The van der Waals surface area contributed by atoms with Crippen LogP contribution in [0.15, 0.2) is 12.5 Å². The van der Waals surface area contributed by atoms with Crippen LogP contribution in [0.5, 0.6) is 0 Å². The molecule has 0 unspecified atom stereocenters. The van der Waals surface area contributed by atoms with E-state index in [9.17, 15) is 25.2 Å². The zero-order valence-corrected chi connectivity index (χ0v) is 15.2. The summed E-state index contributed by atoms with van der Waals surface area (Å²) < 4.78 is 8.30. The highest BCUT2D eigenvalue weighted by Crippen LogP contribution is 2.33. The molecule has 1 fully saturated rings. The number of aromatic carboxylic acids is 1. The van der Waals surface area contributed by atoms with Crippen molar-refractivity contribution in [1.29, 1.82) is 0 Å². The average molecular weight is 405 g/mol. The van der Waals surface area contributed by atoms with Crippen molar-refractivity contribution in [3.63, 3.8) is 0 Å². The van der Waals surface area contributed by atoms with Crippen LogP contribution in [-0.4, -0.2) is 80.6 Å². The van der Waals surface area contributed by atoms with Gasteiger partial charge in [-0.1, -0.05) is 0 Å². The second-order valence-corrected chi connectivity index (χ2v) is 6.54. The molecule has 0 bridgehead atoms. The monoisotopic (exact) mass is 405 g/mol. The molecule has 0 spiro atoms. The third-order valence-corrected chi connectivity index (χ3v) is 4.77. The third kappa shape index (κ3) is 3.00. The summed E-state index contributed by atoms with van der Waals surface area (Å²) in [6, 6.07) is 0. The number of hydrogen-bond acceptors (Lipinski definition) is 10. The molecule has 4 heterocycles. The summed E-state index contributed by atoms with van der Waals surface area (Å²) in [4.78, 5) is 24.2. The highest BCUT2D eigenvalue weighted by Gasteiger charge is 2.44. The fourth-order valence-electron chi connectivity index (χ4n) is 3.25. The molecule has 1 aliphatic heterocycles. The Bertz CT molecular complexity index is 1080. The molecule has 3 aromatic heterocycles. The van der Waals surface area contributed by atoms with Crippen molar-refractivity contribution in [1.82, 2.24) is 29.3 Å². The standard InChI is InChI=1S/C16H19N7O6/c1-2-22-3-6(16(27)28)8(21-22)13-19-12(17)9-14(20-13)23(5-18-9)15-11(26)10(25)7(4-24)29-15/h3,5,7,10-11,15,24-26H,2,4H2,1H3,(H,27,28)(H2,17,19,20)/t7-,10-,11-,15-/m1/s1. The second kappa shape index (κ2) is 7.04. The molecule has 154 valence electrons. The molecule has 29 heavy (non-hydrogen) atoms. The first kappa shape index (κ1) is 19.2. The van der Waals surface area contributed by atoms with E-state index in [1.54, 1.807) is 6.92 Å². The number of carboxylic acids is 1. The molecular weight excluding hydrogens is 386 g/mol. The van der Waals surface area contributed by atoms with Gasteiger partial charge in [0.15, 0.2) is 23.5 Å². The molecule has 4 rings (SSSR count).